The second kappa shape index (κ2) is 7.66. The van der Waals surface area contributed by atoms with Gasteiger partial charge in [0, 0.05) is 5.69 Å². The zero-order valence-electron chi connectivity index (χ0n) is 13.6. The Labute approximate surface area is 145 Å². The van der Waals surface area contributed by atoms with E-state index in [1.54, 1.807) is 24.3 Å². The normalized spacial score (nSPS) is 19.2. The second-order valence-corrected chi connectivity index (χ2v) is 5.92. The molecule has 1 amide bonds. The van der Waals surface area contributed by atoms with E-state index in [0.29, 0.717) is 24.3 Å². The van der Waals surface area contributed by atoms with Crippen molar-refractivity contribution in [2.75, 3.05) is 5.32 Å². The zero-order chi connectivity index (χ0) is 17.6. The summed E-state index contributed by atoms with van der Waals surface area (Å²) in [7, 11) is 0. The molecule has 0 bridgehead atoms. The van der Waals surface area contributed by atoms with Crippen molar-refractivity contribution in [2.45, 2.75) is 12.8 Å². The van der Waals surface area contributed by atoms with Gasteiger partial charge in [-0.1, -0.05) is 30.4 Å². The summed E-state index contributed by atoms with van der Waals surface area (Å²) in [6.07, 6.45) is 4.51. The molecule has 2 aromatic rings. The van der Waals surface area contributed by atoms with E-state index in [1.807, 2.05) is 42.5 Å². The van der Waals surface area contributed by atoms with Crippen LogP contribution in [0.2, 0.25) is 0 Å². The van der Waals surface area contributed by atoms with Gasteiger partial charge in [0.1, 0.15) is 11.5 Å². The van der Waals surface area contributed by atoms with Crippen molar-refractivity contribution in [3.05, 3.63) is 66.7 Å². The van der Waals surface area contributed by atoms with Gasteiger partial charge in [-0.15, -0.1) is 0 Å². The number of amides is 1. The summed E-state index contributed by atoms with van der Waals surface area (Å²) in [5.41, 5.74) is 0.615. The van der Waals surface area contributed by atoms with Crippen molar-refractivity contribution in [3.8, 4) is 11.5 Å². The van der Waals surface area contributed by atoms with Gasteiger partial charge in [-0.3, -0.25) is 9.59 Å². The summed E-state index contributed by atoms with van der Waals surface area (Å²) in [6.45, 7) is 0. The molecule has 0 aromatic heterocycles. The number of carboxylic acid groups (broad SMARTS) is 1. The van der Waals surface area contributed by atoms with Crippen LogP contribution < -0.4 is 10.1 Å². The zero-order valence-corrected chi connectivity index (χ0v) is 13.6. The van der Waals surface area contributed by atoms with Crippen LogP contribution >= 0.6 is 0 Å². The predicted molar refractivity (Wildman–Crippen MR) is 94.6 cm³/mol. The Balaban J connectivity index is 1.63. The van der Waals surface area contributed by atoms with Crippen LogP contribution in [-0.4, -0.2) is 17.0 Å². The number of carbonyl (C=O) groups excluding carboxylic acids is 1. The van der Waals surface area contributed by atoms with E-state index >= 15 is 0 Å². The van der Waals surface area contributed by atoms with Crippen LogP contribution in [-0.2, 0) is 9.59 Å². The molecule has 2 N–H and O–H groups in total. The first kappa shape index (κ1) is 16.8. The maximum Gasteiger partial charge on any atom is 0.307 e. The molecular formula is C20H19NO4. The minimum Gasteiger partial charge on any atom is -0.481 e. The topological polar surface area (TPSA) is 75.6 Å². The number of benzene rings is 2. The summed E-state index contributed by atoms with van der Waals surface area (Å²) in [5.74, 6) is -1.04. The van der Waals surface area contributed by atoms with Crippen LogP contribution in [0.1, 0.15) is 12.8 Å². The summed E-state index contributed by atoms with van der Waals surface area (Å²) in [4.78, 5) is 23.7. The molecule has 2 atom stereocenters. The summed E-state index contributed by atoms with van der Waals surface area (Å²) in [5, 5.41) is 12.1. The average Bonchev–Trinajstić information content (AvgIpc) is 2.64. The fourth-order valence-electron chi connectivity index (χ4n) is 2.84. The van der Waals surface area contributed by atoms with Crippen molar-refractivity contribution in [3.63, 3.8) is 0 Å². The van der Waals surface area contributed by atoms with Gasteiger partial charge in [0.15, 0.2) is 0 Å². The molecule has 5 heteroatoms. The number of carboxylic acids is 1. The SMILES string of the molecule is O=C(Nc1ccc(Oc2ccccc2)cc1)[C@H]1CC=CC[C@H]1C(=O)O. The molecule has 25 heavy (non-hydrogen) atoms. The summed E-state index contributed by atoms with van der Waals surface area (Å²) in [6, 6.07) is 16.4. The number of hydrogen-bond donors (Lipinski definition) is 2. The van der Waals surface area contributed by atoms with Crippen molar-refractivity contribution >= 4 is 17.6 Å². The second-order valence-electron chi connectivity index (χ2n) is 5.92. The highest BCUT2D eigenvalue weighted by Crippen LogP contribution is 2.28. The molecule has 0 fully saturated rings. The quantitative estimate of drug-likeness (QED) is 0.806. The van der Waals surface area contributed by atoms with Crippen LogP contribution in [0, 0.1) is 11.8 Å². The molecular weight excluding hydrogens is 318 g/mol. The predicted octanol–water partition coefficient (Wildman–Crippen LogP) is 4.08. The molecule has 128 valence electrons. The number of aliphatic carboxylic acids is 1. The number of carbonyl (C=O) groups is 2. The highest BCUT2D eigenvalue weighted by Gasteiger charge is 2.33. The minimum absolute atomic E-state index is 0.270. The number of para-hydroxylation sites is 1. The van der Waals surface area contributed by atoms with E-state index in [4.69, 9.17) is 4.74 Å². The van der Waals surface area contributed by atoms with E-state index in [2.05, 4.69) is 5.32 Å². The molecule has 3 rings (SSSR count). The van der Waals surface area contributed by atoms with Gasteiger partial charge in [-0.2, -0.15) is 0 Å². The third kappa shape index (κ3) is 4.26. The van der Waals surface area contributed by atoms with Crippen molar-refractivity contribution in [2.24, 2.45) is 11.8 Å². The van der Waals surface area contributed by atoms with Gasteiger partial charge in [-0.05, 0) is 49.2 Å². The van der Waals surface area contributed by atoms with Gasteiger partial charge in [0.25, 0.3) is 0 Å². The molecule has 0 saturated heterocycles. The fourth-order valence-corrected chi connectivity index (χ4v) is 2.84. The van der Waals surface area contributed by atoms with Crippen molar-refractivity contribution in [1.82, 2.24) is 0 Å². The van der Waals surface area contributed by atoms with Gasteiger partial charge in [0.2, 0.25) is 5.91 Å². The molecule has 0 unspecified atom stereocenters. The number of anilines is 1. The third-order valence-electron chi connectivity index (χ3n) is 4.19. The van der Waals surface area contributed by atoms with E-state index in [-0.39, 0.29) is 5.91 Å². The smallest absolute Gasteiger partial charge is 0.307 e. The first-order valence-electron chi connectivity index (χ1n) is 8.15. The Hall–Kier alpha value is -3.08. The lowest BCUT2D eigenvalue weighted by Crippen LogP contribution is -2.34. The molecule has 5 nitrogen and oxygen atoms in total. The van der Waals surface area contributed by atoms with Gasteiger partial charge < -0.3 is 15.2 Å². The Morgan fingerprint density at radius 3 is 2.12 bits per heavy atom. The van der Waals surface area contributed by atoms with Gasteiger partial charge in [0.05, 0.1) is 11.8 Å². The first-order valence-corrected chi connectivity index (χ1v) is 8.15. The Bertz CT molecular complexity index is 768. The number of hydrogen-bond acceptors (Lipinski definition) is 3. The van der Waals surface area contributed by atoms with E-state index in [9.17, 15) is 14.7 Å². The monoisotopic (exact) mass is 337 g/mol. The molecule has 1 aliphatic carbocycles. The van der Waals surface area contributed by atoms with Crippen LogP contribution in [0.4, 0.5) is 5.69 Å². The van der Waals surface area contributed by atoms with Crippen LogP contribution in [0.25, 0.3) is 0 Å². The van der Waals surface area contributed by atoms with E-state index in [0.717, 1.165) is 5.75 Å². The largest absolute Gasteiger partial charge is 0.481 e. The highest BCUT2D eigenvalue weighted by atomic mass is 16.5. The minimum atomic E-state index is -0.934. The van der Waals surface area contributed by atoms with Crippen molar-refractivity contribution < 1.29 is 19.4 Å². The van der Waals surface area contributed by atoms with Gasteiger partial charge >= 0.3 is 5.97 Å². The number of rotatable bonds is 5. The summed E-state index contributed by atoms with van der Waals surface area (Å²) >= 11 is 0. The van der Waals surface area contributed by atoms with E-state index < -0.39 is 17.8 Å². The molecule has 1 aliphatic rings. The van der Waals surface area contributed by atoms with Crippen LogP contribution in [0.15, 0.2) is 66.7 Å². The standard InChI is InChI=1S/C20H19NO4/c22-19(17-8-4-5-9-18(17)20(23)24)21-14-10-12-16(13-11-14)25-15-6-2-1-3-7-15/h1-7,10-13,17-18H,8-9H2,(H,21,22)(H,23,24)/t17-,18+/m0/s1. The molecule has 0 saturated carbocycles. The maximum absolute atomic E-state index is 12.4. The van der Waals surface area contributed by atoms with Gasteiger partial charge in [-0.25, -0.2) is 0 Å². The Morgan fingerprint density at radius 1 is 0.880 bits per heavy atom. The molecule has 0 heterocycles. The maximum atomic E-state index is 12.4. The number of nitrogens with one attached hydrogen (secondary N) is 1. The number of ether oxygens (including phenoxy) is 1. The highest BCUT2D eigenvalue weighted by molar-refractivity contribution is 5.95. The lowest BCUT2D eigenvalue weighted by atomic mass is 9.82. The molecule has 0 aliphatic heterocycles. The Kier molecular flexibility index (Phi) is 5.14. The summed E-state index contributed by atoms with van der Waals surface area (Å²) < 4.78 is 5.70. The van der Waals surface area contributed by atoms with E-state index in [1.165, 1.54) is 0 Å². The lowest BCUT2D eigenvalue weighted by molar-refractivity contribution is -0.146. The van der Waals surface area contributed by atoms with Crippen LogP contribution in [0.3, 0.4) is 0 Å². The molecule has 2 aromatic carbocycles. The Morgan fingerprint density at radius 2 is 1.48 bits per heavy atom. The lowest BCUT2D eigenvalue weighted by Gasteiger charge is -2.24. The number of allylic oxidation sites excluding steroid dienone is 2. The molecule has 0 spiro atoms. The fraction of sp³-hybridized carbons (Fsp3) is 0.200. The van der Waals surface area contributed by atoms with Crippen LogP contribution in [0.5, 0.6) is 11.5 Å². The third-order valence-corrected chi connectivity index (χ3v) is 4.19. The van der Waals surface area contributed by atoms with Crippen molar-refractivity contribution in [1.29, 1.82) is 0 Å². The molecule has 0 radical (unpaired) electrons. The first-order chi connectivity index (χ1) is 12.1. The average molecular weight is 337 g/mol.